The van der Waals surface area contributed by atoms with Crippen molar-refractivity contribution >= 4 is 34.9 Å². The lowest BCUT2D eigenvalue weighted by Crippen LogP contribution is -2.27. The third kappa shape index (κ3) is 4.70. The van der Waals surface area contributed by atoms with E-state index in [-0.39, 0.29) is 31.3 Å². The molecule has 1 aliphatic heterocycles. The SMILES string of the molecule is CCOc1ccc(N2C[C@H](C(=O)OCC(=O)c3ccc(Cl)cc3)CC2=O)cc1. The Morgan fingerprint density at radius 1 is 1.11 bits per heavy atom. The maximum absolute atomic E-state index is 12.3. The Morgan fingerprint density at radius 3 is 2.43 bits per heavy atom. The molecule has 0 bridgehead atoms. The van der Waals surface area contributed by atoms with Crippen LogP contribution in [0.1, 0.15) is 23.7 Å². The summed E-state index contributed by atoms with van der Waals surface area (Å²) in [5.41, 5.74) is 1.11. The molecule has 1 atom stereocenters. The van der Waals surface area contributed by atoms with Crippen LogP contribution in [0, 0.1) is 5.92 Å². The number of ketones is 1. The fraction of sp³-hybridized carbons (Fsp3) is 0.286. The van der Waals surface area contributed by atoms with Crippen molar-refractivity contribution in [2.75, 3.05) is 24.7 Å². The molecular weight excluding hydrogens is 382 g/mol. The van der Waals surface area contributed by atoms with Crippen LogP contribution in [0.4, 0.5) is 5.69 Å². The topological polar surface area (TPSA) is 72.9 Å². The zero-order chi connectivity index (χ0) is 20.1. The van der Waals surface area contributed by atoms with Crippen molar-refractivity contribution in [3.8, 4) is 5.75 Å². The smallest absolute Gasteiger partial charge is 0.311 e. The molecule has 0 saturated carbocycles. The summed E-state index contributed by atoms with van der Waals surface area (Å²) in [6, 6.07) is 13.5. The predicted octanol–water partition coefficient (Wildman–Crippen LogP) is 3.52. The minimum absolute atomic E-state index is 0.0567. The first kappa shape index (κ1) is 19.9. The molecule has 1 aliphatic rings. The molecule has 2 aromatic rings. The van der Waals surface area contributed by atoms with Gasteiger partial charge in [-0.2, -0.15) is 0 Å². The van der Waals surface area contributed by atoms with Gasteiger partial charge in [0, 0.05) is 29.2 Å². The summed E-state index contributed by atoms with van der Waals surface area (Å²) in [5.74, 6) is -0.913. The molecule has 6 nitrogen and oxygen atoms in total. The largest absolute Gasteiger partial charge is 0.494 e. The number of nitrogens with zero attached hydrogens (tertiary/aromatic N) is 1. The van der Waals surface area contributed by atoms with Crippen LogP contribution < -0.4 is 9.64 Å². The van der Waals surface area contributed by atoms with Crippen molar-refractivity contribution in [1.82, 2.24) is 0 Å². The molecule has 7 heteroatoms. The average molecular weight is 402 g/mol. The molecule has 0 unspecified atom stereocenters. The van der Waals surface area contributed by atoms with Crippen LogP contribution in [0.5, 0.6) is 5.75 Å². The van der Waals surface area contributed by atoms with Gasteiger partial charge in [-0.15, -0.1) is 0 Å². The third-order valence-electron chi connectivity index (χ3n) is 4.43. The van der Waals surface area contributed by atoms with Crippen LogP contribution in [-0.2, 0) is 14.3 Å². The van der Waals surface area contributed by atoms with Gasteiger partial charge in [-0.3, -0.25) is 14.4 Å². The number of carbonyl (C=O) groups excluding carboxylic acids is 3. The van der Waals surface area contributed by atoms with E-state index in [0.29, 0.717) is 22.9 Å². The van der Waals surface area contributed by atoms with E-state index in [9.17, 15) is 14.4 Å². The van der Waals surface area contributed by atoms with Crippen molar-refractivity contribution in [2.24, 2.45) is 5.92 Å². The van der Waals surface area contributed by atoms with Gasteiger partial charge >= 0.3 is 5.97 Å². The third-order valence-corrected chi connectivity index (χ3v) is 4.68. The predicted molar refractivity (Wildman–Crippen MR) is 105 cm³/mol. The second-order valence-electron chi connectivity index (χ2n) is 6.37. The molecule has 0 aromatic heterocycles. The monoisotopic (exact) mass is 401 g/mol. The highest BCUT2D eigenvalue weighted by Gasteiger charge is 2.36. The van der Waals surface area contributed by atoms with Crippen molar-refractivity contribution in [3.63, 3.8) is 0 Å². The zero-order valence-corrected chi connectivity index (χ0v) is 16.1. The molecular formula is C21H20ClNO5. The van der Waals surface area contributed by atoms with Crippen LogP contribution in [0.2, 0.25) is 5.02 Å². The number of ether oxygens (including phenoxy) is 2. The number of Topliss-reactive ketones (excluding diaryl/α,β-unsaturated/α-hetero) is 1. The molecule has 28 heavy (non-hydrogen) atoms. The quantitative estimate of drug-likeness (QED) is 0.524. The highest BCUT2D eigenvalue weighted by Crippen LogP contribution is 2.27. The summed E-state index contributed by atoms with van der Waals surface area (Å²) in [4.78, 5) is 38.2. The Bertz CT molecular complexity index is 863. The first-order chi connectivity index (χ1) is 13.5. The molecule has 1 saturated heterocycles. The van der Waals surface area contributed by atoms with Gasteiger partial charge in [-0.05, 0) is 55.5 Å². The van der Waals surface area contributed by atoms with Gasteiger partial charge in [-0.1, -0.05) is 11.6 Å². The molecule has 0 aliphatic carbocycles. The standard InChI is InChI=1S/C21H20ClNO5/c1-2-27-18-9-7-17(8-10-18)23-12-15(11-20(23)25)21(26)28-13-19(24)14-3-5-16(22)6-4-14/h3-10,15H,2,11-13H2,1H3/t15-/m1/s1. The Hall–Kier alpha value is -2.86. The van der Waals surface area contributed by atoms with Crippen LogP contribution in [-0.4, -0.2) is 37.4 Å². The Morgan fingerprint density at radius 2 is 1.79 bits per heavy atom. The lowest BCUT2D eigenvalue weighted by Gasteiger charge is -2.17. The highest BCUT2D eigenvalue weighted by molar-refractivity contribution is 6.30. The zero-order valence-electron chi connectivity index (χ0n) is 15.4. The first-order valence-corrected chi connectivity index (χ1v) is 9.34. The molecule has 0 radical (unpaired) electrons. The van der Waals surface area contributed by atoms with E-state index in [2.05, 4.69) is 0 Å². The van der Waals surface area contributed by atoms with Crippen LogP contribution in [0.15, 0.2) is 48.5 Å². The van der Waals surface area contributed by atoms with Gasteiger partial charge in [0.1, 0.15) is 5.75 Å². The van der Waals surface area contributed by atoms with Gasteiger partial charge in [-0.25, -0.2) is 0 Å². The van der Waals surface area contributed by atoms with Gasteiger partial charge < -0.3 is 14.4 Å². The molecule has 0 spiro atoms. The number of hydrogen-bond donors (Lipinski definition) is 0. The molecule has 0 N–H and O–H groups in total. The number of halogens is 1. The summed E-state index contributed by atoms with van der Waals surface area (Å²) in [6.45, 7) is 2.31. The van der Waals surface area contributed by atoms with Gasteiger partial charge in [0.15, 0.2) is 12.4 Å². The van der Waals surface area contributed by atoms with Crippen LogP contribution >= 0.6 is 11.6 Å². The number of rotatable bonds is 7. The summed E-state index contributed by atoms with van der Waals surface area (Å²) >= 11 is 5.79. The maximum Gasteiger partial charge on any atom is 0.311 e. The Labute approximate surface area is 168 Å². The van der Waals surface area contributed by atoms with Gasteiger partial charge in [0.05, 0.1) is 12.5 Å². The number of hydrogen-bond acceptors (Lipinski definition) is 5. The van der Waals surface area contributed by atoms with Gasteiger partial charge in [0.25, 0.3) is 0 Å². The average Bonchev–Trinajstić information content (AvgIpc) is 3.09. The highest BCUT2D eigenvalue weighted by atomic mass is 35.5. The summed E-state index contributed by atoms with van der Waals surface area (Å²) in [5, 5.41) is 0.521. The van der Waals surface area contributed by atoms with Crippen molar-refractivity contribution in [3.05, 3.63) is 59.1 Å². The normalized spacial score (nSPS) is 16.1. The molecule has 2 aromatic carbocycles. The molecule has 1 amide bonds. The lowest BCUT2D eigenvalue weighted by atomic mass is 10.1. The number of benzene rings is 2. The number of carbonyl (C=O) groups is 3. The maximum atomic E-state index is 12.3. The number of anilines is 1. The Kier molecular flexibility index (Phi) is 6.31. The van der Waals surface area contributed by atoms with Crippen molar-refractivity contribution in [1.29, 1.82) is 0 Å². The van der Waals surface area contributed by atoms with E-state index in [1.165, 1.54) is 0 Å². The van der Waals surface area contributed by atoms with Crippen molar-refractivity contribution in [2.45, 2.75) is 13.3 Å². The van der Waals surface area contributed by atoms with Crippen LogP contribution in [0.3, 0.4) is 0 Å². The summed E-state index contributed by atoms with van der Waals surface area (Å²) in [7, 11) is 0. The lowest BCUT2D eigenvalue weighted by molar-refractivity contribution is -0.147. The van der Waals surface area contributed by atoms with E-state index in [4.69, 9.17) is 21.1 Å². The fourth-order valence-corrected chi connectivity index (χ4v) is 3.10. The molecule has 1 heterocycles. The van der Waals surface area contributed by atoms with E-state index < -0.39 is 11.9 Å². The number of amides is 1. The summed E-state index contributed by atoms with van der Waals surface area (Å²) in [6.07, 6.45) is 0.0567. The van der Waals surface area contributed by atoms with E-state index >= 15 is 0 Å². The van der Waals surface area contributed by atoms with Crippen molar-refractivity contribution < 1.29 is 23.9 Å². The Balaban J connectivity index is 1.56. The fourth-order valence-electron chi connectivity index (χ4n) is 2.98. The minimum atomic E-state index is -0.600. The van der Waals surface area contributed by atoms with Gasteiger partial charge in [0.2, 0.25) is 5.91 Å². The molecule has 1 fully saturated rings. The van der Waals surface area contributed by atoms with E-state index in [1.807, 2.05) is 6.92 Å². The number of esters is 1. The van der Waals surface area contributed by atoms with E-state index in [1.54, 1.807) is 53.4 Å². The molecule has 3 rings (SSSR count). The second-order valence-corrected chi connectivity index (χ2v) is 6.81. The summed E-state index contributed by atoms with van der Waals surface area (Å²) < 4.78 is 10.5. The molecule has 146 valence electrons. The second kappa shape index (κ2) is 8.89. The van der Waals surface area contributed by atoms with E-state index in [0.717, 1.165) is 5.75 Å². The van der Waals surface area contributed by atoms with Crippen LogP contribution in [0.25, 0.3) is 0 Å². The first-order valence-electron chi connectivity index (χ1n) is 8.96. The minimum Gasteiger partial charge on any atom is -0.494 e.